The monoisotopic (exact) mass is 389 g/mol. The van der Waals surface area contributed by atoms with Crippen LogP contribution in [0.1, 0.15) is 28.8 Å². The zero-order valence-electron chi connectivity index (χ0n) is 14.8. The Balaban J connectivity index is 1.87. The number of halogens is 1. The smallest absolute Gasteiger partial charge is 0.408 e. The highest BCUT2D eigenvalue weighted by Crippen LogP contribution is 2.11. The molecule has 0 bridgehead atoms. The first-order valence-corrected chi connectivity index (χ1v) is 8.71. The Labute approximate surface area is 162 Å². The van der Waals surface area contributed by atoms with Crippen LogP contribution >= 0.6 is 11.6 Å². The lowest BCUT2D eigenvalue weighted by Gasteiger charge is -2.16. The summed E-state index contributed by atoms with van der Waals surface area (Å²) in [5.74, 6) is -0.764. The fourth-order valence-electron chi connectivity index (χ4n) is 2.35. The van der Waals surface area contributed by atoms with Gasteiger partial charge in [0.2, 0.25) is 0 Å². The van der Waals surface area contributed by atoms with Crippen molar-refractivity contribution < 1.29 is 23.9 Å². The quantitative estimate of drug-likeness (QED) is 0.549. The number of amides is 1. The van der Waals surface area contributed by atoms with E-state index in [0.29, 0.717) is 10.6 Å². The van der Waals surface area contributed by atoms with Crippen LogP contribution in [0.5, 0.6) is 0 Å². The van der Waals surface area contributed by atoms with Crippen LogP contribution in [-0.2, 0) is 20.9 Å². The van der Waals surface area contributed by atoms with Crippen LogP contribution in [0.15, 0.2) is 54.6 Å². The van der Waals surface area contributed by atoms with Gasteiger partial charge in [-0.25, -0.2) is 9.59 Å². The van der Waals surface area contributed by atoms with E-state index in [9.17, 15) is 14.4 Å². The maximum Gasteiger partial charge on any atom is 0.408 e. The van der Waals surface area contributed by atoms with Gasteiger partial charge in [0.15, 0.2) is 5.78 Å². The molecule has 0 aliphatic heterocycles. The van der Waals surface area contributed by atoms with Crippen LogP contribution in [0.4, 0.5) is 4.79 Å². The number of rotatable bonds is 8. The number of nitrogens with one attached hydrogen (secondary N) is 1. The molecule has 0 aromatic heterocycles. The molecule has 2 rings (SSSR count). The standard InChI is InChI=1S/C20H20ClNO5/c1-26-19(24)17(11-12-18(23)15-5-3-2-4-6-15)22-20(25)27-13-14-7-9-16(21)10-8-14/h2-10,17H,11-13H2,1H3,(H,22,25). The molecule has 2 aromatic rings. The third-order valence-corrected chi connectivity index (χ3v) is 4.07. The molecular formula is C20H20ClNO5. The van der Waals surface area contributed by atoms with Crippen LogP contribution in [0.3, 0.4) is 0 Å². The van der Waals surface area contributed by atoms with Gasteiger partial charge in [-0.15, -0.1) is 0 Å². The van der Waals surface area contributed by atoms with E-state index in [2.05, 4.69) is 5.32 Å². The van der Waals surface area contributed by atoms with Crippen molar-refractivity contribution in [2.24, 2.45) is 0 Å². The lowest BCUT2D eigenvalue weighted by Crippen LogP contribution is -2.42. The molecular weight excluding hydrogens is 370 g/mol. The van der Waals surface area contributed by atoms with Gasteiger partial charge in [-0.3, -0.25) is 4.79 Å². The molecule has 0 radical (unpaired) electrons. The van der Waals surface area contributed by atoms with Gasteiger partial charge < -0.3 is 14.8 Å². The molecule has 0 spiro atoms. The van der Waals surface area contributed by atoms with Crippen molar-refractivity contribution in [3.05, 3.63) is 70.7 Å². The molecule has 2 aromatic carbocycles. The zero-order chi connectivity index (χ0) is 19.6. The number of ketones is 1. The van der Waals surface area contributed by atoms with E-state index in [1.165, 1.54) is 7.11 Å². The maximum absolute atomic E-state index is 12.2. The molecule has 0 heterocycles. The fourth-order valence-corrected chi connectivity index (χ4v) is 2.47. The first-order chi connectivity index (χ1) is 13.0. The van der Waals surface area contributed by atoms with Gasteiger partial charge in [0.1, 0.15) is 12.6 Å². The molecule has 0 aliphatic rings. The van der Waals surface area contributed by atoms with Gasteiger partial charge in [0, 0.05) is 17.0 Å². The minimum atomic E-state index is -0.972. The van der Waals surface area contributed by atoms with Crippen molar-refractivity contribution in [1.29, 1.82) is 0 Å². The summed E-state index contributed by atoms with van der Waals surface area (Å²) in [6.07, 6.45) is -0.579. The molecule has 6 nitrogen and oxygen atoms in total. The Morgan fingerprint density at radius 1 is 1.04 bits per heavy atom. The number of hydrogen-bond donors (Lipinski definition) is 1. The second-order valence-electron chi connectivity index (χ2n) is 5.75. The molecule has 1 N–H and O–H groups in total. The van der Waals surface area contributed by atoms with E-state index < -0.39 is 18.1 Å². The molecule has 1 unspecified atom stereocenters. The minimum absolute atomic E-state index is 0.0276. The summed E-state index contributed by atoms with van der Waals surface area (Å²) in [6.45, 7) is 0.0276. The van der Waals surface area contributed by atoms with Crippen molar-refractivity contribution >= 4 is 29.4 Å². The summed E-state index contributed by atoms with van der Waals surface area (Å²) in [6, 6.07) is 14.6. The maximum atomic E-state index is 12.2. The van der Waals surface area contributed by atoms with E-state index in [0.717, 1.165) is 5.56 Å². The Morgan fingerprint density at radius 3 is 2.33 bits per heavy atom. The summed E-state index contributed by atoms with van der Waals surface area (Å²) in [5, 5.41) is 3.02. The highest BCUT2D eigenvalue weighted by molar-refractivity contribution is 6.30. The van der Waals surface area contributed by atoms with E-state index >= 15 is 0 Å². The van der Waals surface area contributed by atoms with Crippen LogP contribution in [0, 0.1) is 0 Å². The Morgan fingerprint density at radius 2 is 1.70 bits per heavy atom. The second kappa shape index (κ2) is 10.3. The van der Waals surface area contributed by atoms with Gasteiger partial charge in [-0.1, -0.05) is 54.1 Å². The van der Waals surface area contributed by atoms with Gasteiger partial charge >= 0.3 is 12.1 Å². The van der Waals surface area contributed by atoms with Crippen LogP contribution in [0.25, 0.3) is 0 Å². The van der Waals surface area contributed by atoms with Crippen molar-refractivity contribution in [3.63, 3.8) is 0 Å². The topological polar surface area (TPSA) is 81.7 Å². The van der Waals surface area contributed by atoms with Gasteiger partial charge in [0.25, 0.3) is 0 Å². The van der Waals surface area contributed by atoms with Crippen molar-refractivity contribution in [1.82, 2.24) is 5.32 Å². The fraction of sp³-hybridized carbons (Fsp3) is 0.250. The Bertz CT molecular complexity index is 777. The number of hydrogen-bond acceptors (Lipinski definition) is 5. The summed E-state index contributed by atoms with van der Waals surface area (Å²) >= 11 is 5.80. The molecule has 27 heavy (non-hydrogen) atoms. The number of carbonyl (C=O) groups excluding carboxylic acids is 3. The van der Waals surface area contributed by atoms with Crippen LogP contribution in [-0.4, -0.2) is 31.0 Å². The van der Waals surface area contributed by atoms with Crippen molar-refractivity contribution in [2.75, 3.05) is 7.11 Å². The normalized spacial score (nSPS) is 11.3. The van der Waals surface area contributed by atoms with E-state index in [-0.39, 0.29) is 25.2 Å². The number of Topliss-reactive ketones (excluding diaryl/α,β-unsaturated/α-hetero) is 1. The predicted octanol–water partition coefficient (Wildman–Crippen LogP) is 3.77. The van der Waals surface area contributed by atoms with Crippen LogP contribution in [0.2, 0.25) is 5.02 Å². The average molecular weight is 390 g/mol. The summed E-state index contributed by atoms with van der Waals surface area (Å²) in [4.78, 5) is 36.0. The van der Waals surface area contributed by atoms with Crippen molar-refractivity contribution in [2.45, 2.75) is 25.5 Å². The first kappa shape index (κ1) is 20.5. The number of carbonyl (C=O) groups is 3. The highest BCUT2D eigenvalue weighted by Gasteiger charge is 2.23. The molecule has 1 atom stereocenters. The number of esters is 1. The SMILES string of the molecule is COC(=O)C(CCC(=O)c1ccccc1)NC(=O)OCc1ccc(Cl)cc1. The van der Waals surface area contributed by atoms with Crippen LogP contribution < -0.4 is 5.32 Å². The van der Waals surface area contributed by atoms with E-state index in [4.69, 9.17) is 21.1 Å². The summed E-state index contributed by atoms with van der Waals surface area (Å²) < 4.78 is 9.79. The summed E-state index contributed by atoms with van der Waals surface area (Å²) in [5.41, 5.74) is 1.30. The Kier molecular flexibility index (Phi) is 7.82. The molecule has 0 saturated carbocycles. The summed E-state index contributed by atoms with van der Waals surface area (Å²) in [7, 11) is 1.22. The molecule has 0 saturated heterocycles. The van der Waals surface area contributed by atoms with Crippen molar-refractivity contribution in [3.8, 4) is 0 Å². The van der Waals surface area contributed by atoms with Gasteiger partial charge in [-0.2, -0.15) is 0 Å². The lowest BCUT2D eigenvalue weighted by atomic mass is 10.0. The predicted molar refractivity (Wildman–Crippen MR) is 101 cm³/mol. The molecule has 7 heteroatoms. The molecule has 142 valence electrons. The van der Waals surface area contributed by atoms with E-state index in [1.54, 1.807) is 48.5 Å². The highest BCUT2D eigenvalue weighted by atomic mass is 35.5. The average Bonchev–Trinajstić information content (AvgIpc) is 2.70. The number of benzene rings is 2. The van der Waals surface area contributed by atoms with Gasteiger partial charge in [-0.05, 0) is 24.1 Å². The third-order valence-electron chi connectivity index (χ3n) is 3.82. The largest absolute Gasteiger partial charge is 0.467 e. The lowest BCUT2D eigenvalue weighted by molar-refractivity contribution is -0.143. The minimum Gasteiger partial charge on any atom is -0.467 e. The number of ether oxygens (including phenoxy) is 2. The van der Waals surface area contributed by atoms with Gasteiger partial charge in [0.05, 0.1) is 7.11 Å². The van der Waals surface area contributed by atoms with E-state index in [1.807, 2.05) is 6.07 Å². The Hall–Kier alpha value is -2.86. The molecule has 0 aliphatic carbocycles. The molecule has 0 fully saturated rings. The number of alkyl carbamates (subject to hydrolysis) is 1. The zero-order valence-corrected chi connectivity index (χ0v) is 15.6. The second-order valence-corrected chi connectivity index (χ2v) is 6.19. The number of methoxy groups -OCH3 is 1. The third kappa shape index (κ3) is 6.75. The first-order valence-electron chi connectivity index (χ1n) is 8.33. The molecule has 1 amide bonds.